The fourth-order valence-corrected chi connectivity index (χ4v) is 8.61. The summed E-state index contributed by atoms with van der Waals surface area (Å²) in [7, 11) is 0. The van der Waals surface area contributed by atoms with Crippen LogP contribution in [0.2, 0.25) is 0 Å². The number of carbonyl (C=O) groups excluding carboxylic acids is 3. The van der Waals surface area contributed by atoms with E-state index in [0.29, 0.717) is 22.4 Å². The van der Waals surface area contributed by atoms with Gasteiger partial charge in [-0.15, -0.1) is 5.10 Å². The first kappa shape index (κ1) is 32.2. The van der Waals surface area contributed by atoms with Crippen LogP contribution in [-0.4, -0.2) is 48.8 Å². The van der Waals surface area contributed by atoms with Crippen LogP contribution in [0.5, 0.6) is 5.75 Å². The number of phenols is 1. The number of amides is 2. The number of anilines is 1. The van der Waals surface area contributed by atoms with Gasteiger partial charge in [0.25, 0.3) is 0 Å². The summed E-state index contributed by atoms with van der Waals surface area (Å²) in [6.07, 6.45) is -0.792. The summed E-state index contributed by atoms with van der Waals surface area (Å²) in [6, 6.07) is 35.7. The number of nitrogens with zero attached hydrogens (tertiary/aromatic N) is 4. The molecule has 4 heterocycles. The summed E-state index contributed by atoms with van der Waals surface area (Å²) >= 11 is 0. The Labute approximate surface area is 304 Å². The Hall–Kier alpha value is -6.77. The highest BCUT2D eigenvalue weighted by molar-refractivity contribution is 6.12. The summed E-state index contributed by atoms with van der Waals surface area (Å²) in [4.78, 5) is 45.3. The van der Waals surface area contributed by atoms with E-state index in [1.54, 1.807) is 35.0 Å². The number of benzene rings is 5. The second-order valence-electron chi connectivity index (χ2n) is 13.5. The lowest BCUT2D eigenvalue weighted by atomic mass is 9.65. The van der Waals surface area contributed by atoms with Crippen molar-refractivity contribution in [3.8, 4) is 17.6 Å². The van der Waals surface area contributed by atoms with Crippen molar-refractivity contribution in [1.29, 1.82) is 0 Å². The van der Waals surface area contributed by atoms with Crippen molar-refractivity contribution >= 4 is 34.5 Å². The average Bonchev–Trinajstić information content (AvgIpc) is 3.83. The number of ether oxygens (including phenoxy) is 1. The zero-order chi connectivity index (χ0) is 36.3. The van der Waals surface area contributed by atoms with E-state index in [4.69, 9.17) is 10.5 Å². The quantitative estimate of drug-likeness (QED) is 0.169. The van der Waals surface area contributed by atoms with Crippen LogP contribution in [0.15, 0.2) is 127 Å². The van der Waals surface area contributed by atoms with Crippen LogP contribution in [0.25, 0.3) is 11.0 Å². The van der Waals surface area contributed by atoms with E-state index in [9.17, 15) is 19.5 Å². The SMILES string of the molecule is NC(=O)[C@@H]1[C@H]2C(=O)O[C@H](c3ccccc3)[C@H](c3ccccc3)N2[C@H](c2ccc(O)cc2)[C@@]12C(=O)Nc1ccc(C#CCn3nnc4ccccc43)cc12. The van der Waals surface area contributed by atoms with Gasteiger partial charge in [0.2, 0.25) is 11.8 Å². The van der Waals surface area contributed by atoms with Crippen molar-refractivity contribution in [3.05, 3.63) is 155 Å². The second kappa shape index (κ2) is 12.5. The molecule has 1 aromatic heterocycles. The third-order valence-corrected chi connectivity index (χ3v) is 10.7. The van der Waals surface area contributed by atoms with Crippen molar-refractivity contribution in [2.24, 2.45) is 11.7 Å². The van der Waals surface area contributed by atoms with Crippen LogP contribution in [0.3, 0.4) is 0 Å². The van der Waals surface area contributed by atoms with Crippen LogP contribution in [-0.2, 0) is 31.1 Å². The number of cyclic esters (lactones) is 1. The Bertz CT molecular complexity index is 2470. The predicted molar refractivity (Wildman–Crippen MR) is 195 cm³/mol. The highest BCUT2D eigenvalue weighted by atomic mass is 16.6. The molecule has 2 fully saturated rings. The number of hydrogen-bond acceptors (Lipinski definition) is 8. The third kappa shape index (κ3) is 4.98. The fourth-order valence-electron chi connectivity index (χ4n) is 8.61. The maximum atomic E-state index is 14.9. The molecule has 5 aromatic carbocycles. The summed E-state index contributed by atoms with van der Waals surface area (Å²) in [5, 5.41) is 21.8. The number of esters is 1. The van der Waals surface area contributed by atoms with Crippen LogP contribution >= 0.6 is 0 Å². The number of primary amides is 1. The highest BCUT2D eigenvalue weighted by Crippen LogP contribution is 2.64. The number of fused-ring (bicyclic) bond motifs is 4. The minimum Gasteiger partial charge on any atom is -0.508 e. The molecule has 3 aliphatic heterocycles. The van der Waals surface area contributed by atoms with E-state index < -0.39 is 53.3 Å². The number of phenolic OH excluding ortho intramolecular Hbond substituents is 1. The molecule has 11 heteroatoms. The molecule has 0 radical (unpaired) electrons. The molecule has 9 rings (SSSR count). The molecular weight excluding hydrogens is 668 g/mol. The first-order valence-corrected chi connectivity index (χ1v) is 17.3. The summed E-state index contributed by atoms with van der Waals surface area (Å²) in [5.41, 5.74) is 9.98. The van der Waals surface area contributed by atoms with Crippen molar-refractivity contribution in [3.63, 3.8) is 0 Å². The maximum absolute atomic E-state index is 14.9. The topological polar surface area (TPSA) is 153 Å². The molecule has 2 amide bonds. The van der Waals surface area contributed by atoms with E-state index in [1.165, 1.54) is 12.1 Å². The minimum absolute atomic E-state index is 0.0256. The number of morpholine rings is 1. The number of carbonyl (C=O) groups is 3. The van der Waals surface area contributed by atoms with Crippen LogP contribution in [0.4, 0.5) is 5.69 Å². The smallest absolute Gasteiger partial charge is 0.324 e. The number of aromatic nitrogens is 3. The van der Waals surface area contributed by atoms with Gasteiger partial charge in [0, 0.05) is 11.3 Å². The molecule has 11 nitrogen and oxygen atoms in total. The van der Waals surface area contributed by atoms with Gasteiger partial charge in [-0.1, -0.05) is 102 Å². The van der Waals surface area contributed by atoms with Gasteiger partial charge in [-0.3, -0.25) is 19.3 Å². The Kier molecular flexibility index (Phi) is 7.57. The van der Waals surface area contributed by atoms with Gasteiger partial charge in [0.05, 0.1) is 23.5 Å². The molecular formula is C42H32N6O5. The highest BCUT2D eigenvalue weighted by Gasteiger charge is 2.73. The molecule has 6 atom stereocenters. The molecule has 53 heavy (non-hydrogen) atoms. The Morgan fingerprint density at radius 2 is 1.55 bits per heavy atom. The summed E-state index contributed by atoms with van der Waals surface area (Å²) in [6.45, 7) is 0.265. The molecule has 0 saturated carbocycles. The maximum Gasteiger partial charge on any atom is 0.324 e. The van der Waals surface area contributed by atoms with Gasteiger partial charge in [0.1, 0.15) is 35.4 Å². The molecule has 1 spiro atoms. The lowest BCUT2D eigenvalue weighted by molar-refractivity contribution is -0.178. The van der Waals surface area contributed by atoms with Gasteiger partial charge < -0.3 is 20.9 Å². The average molecular weight is 701 g/mol. The number of rotatable bonds is 5. The number of para-hydroxylation sites is 1. The molecule has 260 valence electrons. The van der Waals surface area contributed by atoms with Crippen molar-refractivity contribution in [2.75, 3.05) is 5.32 Å². The first-order chi connectivity index (χ1) is 25.9. The Morgan fingerprint density at radius 3 is 2.28 bits per heavy atom. The van der Waals surface area contributed by atoms with Crippen LogP contribution < -0.4 is 11.1 Å². The van der Waals surface area contributed by atoms with Gasteiger partial charge >= 0.3 is 5.97 Å². The number of hydrogen-bond donors (Lipinski definition) is 3. The Balaban J connectivity index is 1.25. The zero-order valence-corrected chi connectivity index (χ0v) is 28.2. The second-order valence-corrected chi connectivity index (χ2v) is 13.5. The predicted octanol–water partition coefficient (Wildman–Crippen LogP) is 4.94. The summed E-state index contributed by atoms with van der Waals surface area (Å²) < 4.78 is 8.02. The van der Waals surface area contributed by atoms with Crippen molar-refractivity contribution in [2.45, 2.75) is 36.2 Å². The van der Waals surface area contributed by atoms with E-state index in [1.807, 2.05) is 89.8 Å². The first-order valence-electron chi connectivity index (χ1n) is 17.3. The van der Waals surface area contributed by atoms with Gasteiger partial charge in [-0.2, -0.15) is 0 Å². The van der Waals surface area contributed by atoms with Gasteiger partial charge in [-0.05, 0) is 64.7 Å². The normalized spacial score (nSPS) is 24.6. The Morgan fingerprint density at radius 1 is 0.849 bits per heavy atom. The zero-order valence-electron chi connectivity index (χ0n) is 28.2. The van der Waals surface area contributed by atoms with Crippen molar-refractivity contribution < 1.29 is 24.2 Å². The molecule has 0 aliphatic carbocycles. The molecule has 2 saturated heterocycles. The fraction of sp³-hybridized carbons (Fsp3) is 0.167. The largest absolute Gasteiger partial charge is 0.508 e. The van der Waals surface area contributed by atoms with Crippen LogP contribution in [0.1, 0.15) is 46.0 Å². The van der Waals surface area contributed by atoms with E-state index in [0.717, 1.165) is 22.2 Å². The number of aromatic hydroxyl groups is 1. The summed E-state index contributed by atoms with van der Waals surface area (Å²) in [5.74, 6) is 3.11. The monoisotopic (exact) mass is 700 g/mol. The standard InChI is InChI=1S/C42H32N6O5/c43-39(50)34-36-40(51)53-37(27-13-5-2-6-14-27)35(26-11-3-1-4-12-26)48(36)38(28-18-20-29(49)21-19-28)42(34)30-24-25(17-22-31(30)44-41(42)52)10-9-23-47-33-16-8-7-15-32(33)45-46-47/h1-8,11-22,24,34-38,49H,23H2,(H2,43,50)(H,44,52)/t34-,35-,36-,37+,38+,42-/m0/s1. The third-order valence-electron chi connectivity index (χ3n) is 10.7. The molecule has 0 bridgehead atoms. The van der Waals surface area contributed by atoms with Crippen LogP contribution in [0, 0.1) is 17.8 Å². The van der Waals surface area contributed by atoms with Gasteiger partial charge in [0.15, 0.2) is 0 Å². The van der Waals surface area contributed by atoms with E-state index in [2.05, 4.69) is 27.5 Å². The number of nitrogens with two attached hydrogens (primary N) is 1. The number of nitrogens with one attached hydrogen (secondary N) is 1. The molecule has 0 unspecified atom stereocenters. The van der Waals surface area contributed by atoms with E-state index >= 15 is 0 Å². The van der Waals surface area contributed by atoms with Crippen molar-refractivity contribution in [1.82, 2.24) is 19.9 Å². The molecule has 4 N–H and O–H groups in total. The molecule has 6 aromatic rings. The van der Waals surface area contributed by atoms with Gasteiger partial charge in [-0.25, -0.2) is 4.68 Å². The lowest BCUT2D eigenvalue weighted by Gasteiger charge is -2.46. The lowest BCUT2D eigenvalue weighted by Crippen LogP contribution is -2.53. The van der Waals surface area contributed by atoms with E-state index in [-0.39, 0.29) is 12.3 Å². The minimum atomic E-state index is -1.69. The molecule has 3 aliphatic rings.